The average molecular weight is 214 g/mol. The number of hydrogen-bond acceptors (Lipinski definition) is 1. The predicted molar refractivity (Wildman–Crippen MR) is 52.3 cm³/mol. The zero-order chi connectivity index (χ0) is 11.4. The van der Waals surface area contributed by atoms with Gasteiger partial charge in [0.15, 0.2) is 0 Å². The van der Waals surface area contributed by atoms with Crippen LogP contribution in [0.5, 0.6) is 0 Å². The van der Waals surface area contributed by atoms with Crippen LogP contribution < -0.4 is 5.32 Å². The lowest BCUT2D eigenvalue weighted by atomic mass is 10.2. The third-order valence-electron chi connectivity index (χ3n) is 1.98. The van der Waals surface area contributed by atoms with Crippen LogP contribution >= 0.6 is 0 Å². The van der Waals surface area contributed by atoms with Crippen molar-refractivity contribution in [2.45, 2.75) is 6.54 Å². The van der Waals surface area contributed by atoms with Crippen LogP contribution in [0.3, 0.4) is 0 Å². The largest absolute Gasteiger partial charge is 0.341 e. The first-order chi connectivity index (χ1) is 7.04. The van der Waals surface area contributed by atoms with Gasteiger partial charge in [-0.25, -0.2) is 13.6 Å². The minimum atomic E-state index is -0.521. The summed E-state index contributed by atoms with van der Waals surface area (Å²) >= 11 is 0. The van der Waals surface area contributed by atoms with Gasteiger partial charge in [0.25, 0.3) is 0 Å². The monoisotopic (exact) mass is 214 g/mol. The normalized spacial score (nSPS) is 9.87. The van der Waals surface area contributed by atoms with Crippen LogP contribution in [0.2, 0.25) is 0 Å². The molecule has 0 heterocycles. The number of carbonyl (C=O) groups excluding carboxylic acids is 1. The molecule has 0 radical (unpaired) electrons. The Kier molecular flexibility index (Phi) is 3.60. The third kappa shape index (κ3) is 2.90. The highest BCUT2D eigenvalue weighted by Gasteiger charge is 2.10. The van der Waals surface area contributed by atoms with E-state index in [2.05, 4.69) is 5.32 Å². The zero-order valence-electron chi connectivity index (χ0n) is 8.55. The maximum absolute atomic E-state index is 13.2. The van der Waals surface area contributed by atoms with Crippen molar-refractivity contribution in [3.63, 3.8) is 0 Å². The van der Waals surface area contributed by atoms with Crippen LogP contribution in [0.15, 0.2) is 18.2 Å². The summed E-state index contributed by atoms with van der Waals surface area (Å²) < 4.78 is 26.0. The standard InChI is InChI=1S/C10H12F2N2O/c1-13-10(15)14(2)6-7-5-8(11)3-4-9(7)12/h3-5H,6H2,1-2H3,(H,13,15). The molecule has 0 bridgehead atoms. The van der Waals surface area contributed by atoms with Gasteiger partial charge in [-0.15, -0.1) is 0 Å². The number of nitrogens with zero attached hydrogens (tertiary/aromatic N) is 1. The Labute approximate surface area is 86.7 Å². The molecule has 0 fully saturated rings. The molecule has 15 heavy (non-hydrogen) atoms. The summed E-state index contributed by atoms with van der Waals surface area (Å²) in [6.07, 6.45) is 0. The number of rotatable bonds is 2. The van der Waals surface area contributed by atoms with Crippen LogP contribution in [-0.4, -0.2) is 25.0 Å². The van der Waals surface area contributed by atoms with Crippen molar-refractivity contribution in [3.8, 4) is 0 Å². The Morgan fingerprint density at radius 2 is 2.13 bits per heavy atom. The Hall–Kier alpha value is -1.65. The number of halogens is 2. The lowest BCUT2D eigenvalue weighted by Gasteiger charge is -2.16. The van der Waals surface area contributed by atoms with E-state index < -0.39 is 11.6 Å². The van der Waals surface area contributed by atoms with E-state index in [9.17, 15) is 13.6 Å². The zero-order valence-corrected chi connectivity index (χ0v) is 8.55. The minimum Gasteiger partial charge on any atom is -0.341 e. The fourth-order valence-electron chi connectivity index (χ4n) is 1.18. The van der Waals surface area contributed by atoms with Gasteiger partial charge < -0.3 is 10.2 Å². The molecule has 82 valence electrons. The Morgan fingerprint density at radius 3 is 2.73 bits per heavy atom. The van der Waals surface area contributed by atoms with Crippen LogP contribution in [-0.2, 0) is 6.54 Å². The molecule has 1 N–H and O–H groups in total. The highest BCUT2D eigenvalue weighted by molar-refractivity contribution is 5.73. The third-order valence-corrected chi connectivity index (χ3v) is 1.98. The van der Waals surface area contributed by atoms with E-state index in [0.29, 0.717) is 0 Å². The molecule has 0 aliphatic rings. The highest BCUT2D eigenvalue weighted by Crippen LogP contribution is 2.11. The number of nitrogens with one attached hydrogen (secondary N) is 1. The topological polar surface area (TPSA) is 32.3 Å². The van der Waals surface area contributed by atoms with E-state index in [0.717, 1.165) is 18.2 Å². The van der Waals surface area contributed by atoms with Gasteiger partial charge in [-0.1, -0.05) is 0 Å². The molecule has 0 aliphatic carbocycles. The molecule has 0 aliphatic heterocycles. The van der Waals surface area contributed by atoms with Gasteiger partial charge in [0.05, 0.1) is 6.54 Å². The summed E-state index contributed by atoms with van der Waals surface area (Å²) in [4.78, 5) is 12.4. The van der Waals surface area contributed by atoms with E-state index in [-0.39, 0.29) is 18.1 Å². The second-order valence-electron chi connectivity index (χ2n) is 3.15. The first-order valence-electron chi connectivity index (χ1n) is 4.41. The molecule has 0 unspecified atom stereocenters. The van der Waals surface area contributed by atoms with E-state index >= 15 is 0 Å². The first-order valence-corrected chi connectivity index (χ1v) is 4.41. The lowest BCUT2D eigenvalue weighted by molar-refractivity contribution is 0.208. The van der Waals surface area contributed by atoms with Crippen LogP contribution in [0.4, 0.5) is 13.6 Å². The van der Waals surface area contributed by atoms with E-state index in [1.54, 1.807) is 0 Å². The number of benzene rings is 1. The smallest absolute Gasteiger partial charge is 0.317 e. The highest BCUT2D eigenvalue weighted by atomic mass is 19.1. The molecular formula is C10H12F2N2O. The number of amides is 2. The van der Waals surface area contributed by atoms with E-state index in [1.165, 1.54) is 19.0 Å². The molecule has 0 spiro atoms. The summed E-state index contributed by atoms with van der Waals surface area (Å²) in [5, 5.41) is 2.39. The number of carbonyl (C=O) groups is 1. The number of hydrogen-bond donors (Lipinski definition) is 1. The van der Waals surface area contributed by atoms with Crippen molar-refractivity contribution in [2.24, 2.45) is 0 Å². The molecule has 5 heteroatoms. The van der Waals surface area contributed by atoms with Crippen molar-refractivity contribution in [2.75, 3.05) is 14.1 Å². The molecule has 0 aromatic heterocycles. The van der Waals surface area contributed by atoms with Gasteiger partial charge in [-0.3, -0.25) is 0 Å². The molecule has 1 aromatic carbocycles. The fraction of sp³-hybridized carbons (Fsp3) is 0.300. The second-order valence-corrected chi connectivity index (χ2v) is 3.15. The maximum Gasteiger partial charge on any atom is 0.317 e. The summed E-state index contributed by atoms with van der Waals surface area (Å²) in [5.74, 6) is -1.04. The molecule has 0 saturated carbocycles. The van der Waals surface area contributed by atoms with Crippen LogP contribution in [0, 0.1) is 11.6 Å². The quantitative estimate of drug-likeness (QED) is 0.799. The number of urea groups is 1. The molecule has 1 rings (SSSR count). The maximum atomic E-state index is 13.2. The molecule has 2 amide bonds. The van der Waals surface area contributed by atoms with Gasteiger partial charge in [0.2, 0.25) is 0 Å². The predicted octanol–water partition coefficient (Wildman–Crippen LogP) is 1.74. The average Bonchev–Trinajstić information content (AvgIpc) is 2.22. The summed E-state index contributed by atoms with van der Waals surface area (Å²) in [5.41, 5.74) is 0.154. The van der Waals surface area contributed by atoms with E-state index in [4.69, 9.17) is 0 Å². The summed E-state index contributed by atoms with van der Waals surface area (Å²) in [7, 11) is 2.98. The van der Waals surface area contributed by atoms with Crippen LogP contribution in [0.25, 0.3) is 0 Å². The van der Waals surface area contributed by atoms with Gasteiger partial charge in [-0.2, -0.15) is 0 Å². The van der Waals surface area contributed by atoms with E-state index in [1.807, 2.05) is 0 Å². The van der Waals surface area contributed by atoms with Crippen LogP contribution in [0.1, 0.15) is 5.56 Å². The Balaban J connectivity index is 2.80. The van der Waals surface area contributed by atoms with Crippen molar-refractivity contribution in [1.82, 2.24) is 10.2 Å². The SMILES string of the molecule is CNC(=O)N(C)Cc1cc(F)ccc1F. The molecule has 0 atom stereocenters. The summed E-state index contributed by atoms with van der Waals surface area (Å²) in [6.45, 7) is 0.0310. The second kappa shape index (κ2) is 4.72. The molecule has 3 nitrogen and oxygen atoms in total. The molecule has 0 saturated heterocycles. The molecular weight excluding hydrogens is 202 g/mol. The van der Waals surface area contributed by atoms with Gasteiger partial charge in [-0.05, 0) is 18.2 Å². The lowest BCUT2D eigenvalue weighted by Crippen LogP contribution is -2.34. The fourth-order valence-corrected chi connectivity index (χ4v) is 1.18. The van der Waals surface area contributed by atoms with Gasteiger partial charge in [0.1, 0.15) is 11.6 Å². The Bertz CT molecular complexity index is 368. The van der Waals surface area contributed by atoms with Gasteiger partial charge in [0, 0.05) is 19.7 Å². The van der Waals surface area contributed by atoms with Gasteiger partial charge >= 0.3 is 6.03 Å². The summed E-state index contributed by atoms with van der Waals surface area (Å²) in [6, 6.07) is 2.81. The van der Waals surface area contributed by atoms with Crippen molar-refractivity contribution >= 4 is 6.03 Å². The minimum absolute atomic E-state index is 0.0310. The van der Waals surface area contributed by atoms with Crippen molar-refractivity contribution in [3.05, 3.63) is 35.4 Å². The first kappa shape index (κ1) is 11.4. The van der Waals surface area contributed by atoms with Crippen molar-refractivity contribution < 1.29 is 13.6 Å². The van der Waals surface area contributed by atoms with Crippen molar-refractivity contribution in [1.29, 1.82) is 0 Å². The molecule has 1 aromatic rings. The Morgan fingerprint density at radius 1 is 1.47 bits per heavy atom.